The lowest BCUT2D eigenvalue weighted by Crippen LogP contribution is -2.25. The Morgan fingerprint density at radius 1 is 1.43 bits per heavy atom. The first-order valence-corrected chi connectivity index (χ1v) is 6.84. The third-order valence-electron chi connectivity index (χ3n) is 3.74. The van der Waals surface area contributed by atoms with E-state index in [1.807, 2.05) is 36.9 Å². The van der Waals surface area contributed by atoms with Crippen LogP contribution < -0.4 is 15.4 Å². The van der Waals surface area contributed by atoms with Crippen molar-refractivity contribution in [3.63, 3.8) is 0 Å². The summed E-state index contributed by atoms with van der Waals surface area (Å²) in [6.45, 7) is 4.83. The van der Waals surface area contributed by atoms with E-state index in [4.69, 9.17) is 4.74 Å². The average molecular weight is 286 g/mol. The number of ether oxygens (including phenoxy) is 1. The van der Waals surface area contributed by atoms with Gasteiger partial charge < -0.3 is 15.4 Å². The van der Waals surface area contributed by atoms with Gasteiger partial charge in [0.05, 0.1) is 11.4 Å². The van der Waals surface area contributed by atoms with E-state index in [0.717, 1.165) is 17.1 Å². The number of anilines is 2. The van der Waals surface area contributed by atoms with Crippen molar-refractivity contribution in [1.29, 1.82) is 0 Å². The molecule has 0 saturated heterocycles. The Kier molecular flexibility index (Phi) is 3.29. The molecule has 0 radical (unpaired) electrons. The number of carbonyl (C=O) groups excluding carboxylic acids is 1. The minimum Gasteiger partial charge on any atom is -0.482 e. The van der Waals surface area contributed by atoms with Gasteiger partial charge in [-0.25, -0.2) is 0 Å². The van der Waals surface area contributed by atoms with Crippen LogP contribution in [0.25, 0.3) is 0 Å². The predicted molar refractivity (Wildman–Crippen MR) is 80.6 cm³/mol. The Morgan fingerprint density at radius 2 is 2.24 bits per heavy atom. The molecule has 6 nitrogen and oxygen atoms in total. The highest BCUT2D eigenvalue weighted by atomic mass is 16.5. The summed E-state index contributed by atoms with van der Waals surface area (Å²) in [5, 5.41) is 10.6. The standard InChI is InChI=1S/C15H18N4O2/c1-9-12(10(2)19(3)18-9)7-16-11-4-5-14-13(6-11)17-15(20)8-21-14/h4-6,16H,7-8H2,1-3H3,(H,17,20). The number of amides is 1. The monoisotopic (exact) mass is 286 g/mol. The Hall–Kier alpha value is -2.50. The molecule has 3 rings (SSSR count). The summed E-state index contributed by atoms with van der Waals surface area (Å²) in [5.41, 5.74) is 5.00. The molecule has 0 fully saturated rings. The van der Waals surface area contributed by atoms with Gasteiger partial charge in [0, 0.05) is 30.5 Å². The van der Waals surface area contributed by atoms with Gasteiger partial charge in [-0.15, -0.1) is 0 Å². The minimum atomic E-state index is -0.126. The molecule has 0 aliphatic carbocycles. The molecule has 110 valence electrons. The van der Waals surface area contributed by atoms with E-state index >= 15 is 0 Å². The lowest BCUT2D eigenvalue weighted by molar-refractivity contribution is -0.118. The van der Waals surface area contributed by atoms with Crippen molar-refractivity contribution in [3.8, 4) is 5.75 Å². The Labute approximate surface area is 123 Å². The SMILES string of the molecule is Cc1nn(C)c(C)c1CNc1ccc2c(c1)NC(=O)CO2. The highest BCUT2D eigenvalue weighted by Gasteiger charge is 2.16. The fourth-order valence-corrected chi connectivity index (χ4v) is 2.46. The lowest BCUT2D eigenvalue weighted by Gasteiger charge is -2.19. The summed E-state index contributed by atoms with van der Waals surface area (Å²) < 4.78 is 7.22. The zero-order valence-electron chi connectivity index (χ0n) is 12.4. The van der Waals surface area contributed by atoms with Gasteiger partial charge in [-0.3, -0.25) is 9.48 Å². The van der Waals surface area contributed by atoms with Gasteiger partial charge in [-0.1, -0.05) is 0 Å². The van der Waals surface area contributed by atoms with Crippen molar-refractivity contribution in [2.75, 3.05) is 17.2 Å². The van der Waals surface area contributed by atoms with E-state index in [2.05, 4.69) is 22.7 Å². The first-order chi connectivity index (χ1) is 10.0. The van der Waals surface area contributed by atoms with Gasteiger partial charge in [0.15, 0.2) is 6.61 Å². The molecule has 0 unspecified atom stereocenters. The molecule has 0 spiro atoms. The van der Waals surface area contributed by atoms with Crippen LogP contribution in [-0.2, 0) is 18.4 Å². The number of nitrogens with one attached hydrogen (secondary N) is 2. The van der Waals surface area contributed by atoms with Crippen molar-refractivity contribution in [2.24, 2.45) is 7.05 Å². The Bertz CT molecular complexity index is 706. The second-order valence-corrected chi connectivity index (χ2v) is 5.17. The maximum absolute atomic E-state index is 11.3. The van der Waals surface area contributed by atoms with Crippen molar-refractivity contribution in [2.45, 2.75) is 20.4 Å². The van der Waals surface area contributed by atoms with Crippen molar-refractivity contribution >= 4 is 17.3 Å². The number of aryl methyl sites for hydroxylation is 2. The van der Waals surface area contributed by atoms with Crippen LogP contribution in [0.5, 0.6) is 5.75 Å². The number of aromatic nitrogens is 2. The smallest absolute Gasteiger partial charge is 0.262 e. The van der Waals surface area contributed by atoms with Gasteiger partial charge in [0.25, 0.3) is 5.91 Å². The molecule has 21 heavy (non-hydrogen) atoms. The lowest BCUT2D eigenvalue weighted by atomic mass is 10.2. The maximum Gasteiger partial charge on any atom is 0.262 e. The molecule has 2 N–H and O–H groups in total. The summed E-state index contributed by atoms with van der Waals surface area (Å²) in [4.78, 5) is 11.3. The van der Waals surface area contributed by atoms with Crippen LogP contribution >= 0.6 is 0 Å². The number of benzene rings is 1. The summed E-state index contributed by atoms with van der Waals surface area (Å²) >= 11 is 0. The topological polar surface area (TPSA) is 68.2 Å². The molecule has 2 aromatic rings. The first kappa shape index (κ1) is 13.5. The summed E-state index contributed by atoms with van der Waals surface area (Å²) in [6.07, 6.45) is 0. The van der Waals surface area contributed by atoms with Gasteiger partial charge in [-0.2, -0.15) is 5.10 Å². The predicted octanol–water partition coefficient (Wildman–Crippen LogP) is 1.98. The molecular formula is C15H18N4O2. The van der Waals surface area contributed by atoms with E-state index in [0.29, 0.717) is 18.0 Å². The molecule has 6 heteroatoms. The summed E-state index contributed by atoms with van der Waals surface area (Å²) in [5.74, 6) is 0.576. The quantitative estimate of drug-likeness (QED) is 0.905. The normalized spacial score (nSPS) is 13.4. The van der Waals surface area contributed by atoms with Crippen LogP contribution in [0.1, 0.15) is 17.0 Å². The molecule has 1 aromatic heterocycles. The molecule has 1 aliphatic heterocycles. The molecule has 2 heterocycles. The third kappa shape index (κ3) is 2.56. The minimum absolute atomic E-state index is 0.0772. The van der Waals surface area contributed by atoms with E-state index in [1.165, 1.54) is 5.56 Å². The molecule has 0 atom stereocenters. The Morgan fingerprint density at radius 3 is 2.95 bits per heavy atom. The largest absolute Gasteiger partial charge is 0.482 e. The molecule has 1 aromatic carbocycles. The van der Waals surface area contributed by atoms with Crippen LogP contribution in [0.3, 0.4) is 0 Å². The van der Waals surface area contributed by atoms with Crippen LogP contribution in [0, 0.1) is 13.8 Å². The fraction of sp³-hybridized carbons (Fsp3) is 0.333. The van der Waals surface area contributed by atoms with Gasteiger partial charge >= 0.3 is 0 Å². The van der Waals surface area contributed by atoms with E-state index < -0.39 is 0 Å². The molecule has 0 bridgehead atoms. The Balaban J connectivity index is 1.77. The van der Waals surface area contributed by atoms with Crippen molar-refractivity contribution in [3.05, 3.63) is 35.2 Å². The van der Waals surface area contributed by atoms with E-state index in [9.17, 15) is 4.79 Å². The highest BCUT2D eigenvalue weighted by molar-refractivity contribution is 5.96. The van der Waals surface area contributed by atoms with Crippen LogP contribution in [-0.4, -0.2) is 22.3 Å². The number of carbonyl (C=O) groups is 1. The van der Waals surface area contributed by atoms with Crippen LogP contribution in [0.2, 0.25) is 0 Å². The number of rotatable bonds is 3. The summed E-state index contributed by atoms with van der Waals surface area (Å²) in [7, 11) is 1.94. The van der Waals surface area contributed by atoms with Gasteiger partial charge in [0.2, 0.25) is 0 Å². The second-order valence-electron chi connectivity index (χ2n) is 5.17. The molecular weight excluding hydrogens is 268 g/mol. The molecule has 1 aliphatic rings. The third-order valence-corrected chi connectivity index (χ3v) is 3.74. The van der Waals surface area contributed by atoms with Crippen LogP contribution in [0.4, 0.5) is 11.4 Å². The highest BCUT2D eigenvalue weighted by Crippen LogP contribution is 2.30. The molecule has 1 amide bonds. The number of fused-ring (bicyclic) bond motifs is 1. The van der Waals surface area contributed by atoms with E-state index in [1.54, 1.807) is 0 Å². The molecule has 0 saturated carbocycles. The van der Waals surface area contributed by atoms with Crippen molar-refractivity contribution in [1.82, 2.24) is 9.78 Å². The van der Waals surface area contributed by atoms with Gasteiger partial charge in [0.1, 0.15) is 5.75 Å². The maximum atomic E-state index is 11.3. The number of hydrogen-bond donors (Lipinski definition) is 2. The number of hydrogen-bond acceptors (Lipinski definition) is 4. The zero-order chi connectivity index (χ0) is 15.0. The van der Waals surface area contributed by atoms with Crippen LogP contribution in [0.15, 0.2) is 18.2 Å². The first-order valence-electron chi connectivity index (χ1n) is 6.84. The average Bonchev–Trinajstić information content (AvgIpc) is 2.69. The zero-order valence-corrected chi connectivity index (χ0v) is 12.4. The van der Waals surface area contributed by atoms with Gasteiger partial charge in [-0.05, 0) is 32.0 Å². The summed E-state index contributed by atoms with van der Waals surface area (Å²) in [6, 6.07) is 5.69. The number of nitrogens with zero attached hydrogens (tertiary/aromatic N) is 2. The van der Waals surface area contributed by atoms with E-state index in [-0.39, 0.29) is 12.5 Å². The van der Waals surface area contributed by atoms with Crippen molar-refractivity contribution < 1.29 is 9.53 Å². The second kappa shape index (κ2) is 5.12. The fourth-order valence-electron chi connectivity index (χ4n) is 2.46.